The van der Waals surface area contributed by atoms with Crippen LogP contribution in [0.15, 0.2) is 80.2 Å². The fourth-order valence-electron chi connectivity index (χ4n) is 4.18. The van der Waals surface area contributed by atoms with Crippen molar-refractivity contribution in [1.29, 1.82) is 0 Å². The molecule has 0 nitrogen and oxygen atoms in total. The van der Waals surface area contributed by atoms with Gasteiger partial charge in [0.2, 0.25) is 0 Å². The van der Waals surface area contributed by atoms with Crippen LogP contribution in [-0.4, -0.2) is 59.2 Å². The predicted molar refractivity (Wildman–Crippen MR) is 142 cm³/mol. The van der Waals surface area contributed by atoms with Crippen molar-refractivity contribution in [2.45, 2.75) is 41.5 Å². The Labute approximate surface area is 209 Å². The van der Waals surface area contributed by atoms with Crippen molar-refractivity contribution in [3.05, 3.63) is 80.2 Å². The Morgan fingerprint density at radius 3 is 1.13 bits per heavy atom. The van der Waals surface area contributed by atoms with Gasteiger partial charge in [0.05, 0.1) is 0 Å². The average Bonchev–Trinajstić information content (AvgIpc) is 3.10. The van der Waals surface area contributed by atoms with Gasteiger partial charge in [0.1, 0.15) is 0 Å². The average molecular weight is 694 g/mol. The fourth-order valence-corrected chi connectivity index (χ4v) is 45.6. The molecule has 6 heteroatoms. The van der Waals surface area contributed by atoms with Gasteiger partial charge in [0, 0.05) is 0 Å². The van der Waals surface area contributed by atoms with Crippen LogP contribution in [-0.2, 0) is 0 Å². The minimum atomic E-state index is -1.46. The Hall–Kier alpha value is 0.858. The Bertz CT molecular complexity index is 1050. The van der Waals surface area contributed by atoms with Crippen molar-refractivity contribution in [2.75, 3.05) is 0 Å². The molecule has 4 rings (SSSR count). The van der Waals surface area contributed by atoms with E-state index in [1.165, 1.54) is 0 Å². The number of rotatable bonds is 2. The van der Waals surface area contributed by atoms with Gasteiger partial charge in [0.25, 0.3) is 0 Å². The van der Waals surface area contributed by atoms with E-state index in [4.69, 9.17) is 0 Å². The summed E-state index contributed by atoms with van der Waals surface area (Å²) in [5.74, 6) is 0. The first-order chi connectivity index (χ1) is 13.9. The molecule has 0 saturated carbocycles. The summed E-state index contributed by atoms with van der Waals surface area (Å²) in [4.78, 5) is 0. The molecular weight excluding hydrogens is 666 g/mol. The Kier molecular flexibility index (Phi) is 6.61. The Morgan fingerprint density at radius 1 is 0.567 bits per heavy atom. The van der Waals surface area contributed by atoms with Crippen LogP contribution in [0.5, 0.6) is 0 Å². The van der Waals surface area contributed by atoms with Gasteiger partial charge >= 0.3 is 211 Å². The second kappa shape index (κ2) is 8.26. The van der Waals surface area contributed by atoms with Crippen LogP contribution >= 0.6 is 8.40 Å². The zero-order valence-corrected chi connectivity index (χ0v) is 26.9. The minimum absolute atomic E-state index is 0.185. The third-order valence-corrected chi connectivity index (χ3v) is 34.4. The van der Waals surface area contributed by atoms with Gasteiger partial charge in [-0.25, -0.2) is 0 Å². The normalized spacial score (nSPS) is 27.0. The summed E-state index contributed by atoms with van der Waals surface area (Å²) in [6.07, 6.45) is 0. The number of hydrogen-bond acceptors (Lipinski definition) is 0. The monoisotopic (exact) mass is 698 g/mol. The first kappa shape index (κ1) is 24.0. The van der Waals surface area contributed by atoms with E-state index in [0.29, 0.717) is 29.0 Å². The van der Waals surface area contributed by atoms with Crippen LogP contribution in [0.2, 0.25) is 0 Å². The van der Waals surface area contributed by atoms with Crippen LogP contribution in [0, 0.1) is 10.8 Å². The molecular formula is C24H28P2Se4. The van der Waals surface area contributed by atoms with Gasteiger partial charge in [-0.1, -0.05) is 0 Å². The van der Waals surface area contributed by atoms with Crippen LogP contribution in [0.25, 0.3) is 0 Å². The SMILES string of the molecule is CC(C)(C)C1=C2[Se][P@](=[Se])(c3ccccc3)C(C(C)(C)C)=C2[Se][P@]1(=[Se])c1ccccc1. The Balaban J connectivity index is 2.04. The van der Waals surface area contributed by atoms with Crippen LogP contribution < -0.4 is 10.6 Å². The molecule has 2 heterocycles. The van der Waals surface area contributed by atoms with Crippen molar-refractivity contribution in [3.63, 3.8) is 0 Å². The van der Waals surface area contributed by atoms with Crippen molar-refractivity contribution in [1.82, 2.24) is 0 Å². The van der Waals surface area contributed by atoms with Crippen LogP contribution in [0.1, 0.15) is 41.5 Å². The van der Waals surface area contributed by atoms with E-state index in [9.17, 15) is 0 Å². The van der Waals surface area contributed by atoms with Gasteiger partial charge < -0.3 is 0 Å². The topological polar surface area (TPSA) is 0 Å². The summed E-state index contributed by atoms with van der Waals surface area (Å²) >= 11 is 8.61. The van der Waals surface area contributed by atoms with Gasteiger partial charge in [-0.15, -0.1) is 0 Å². The van der Waals surface area contributed by atoms with Crippen LogP contribution in [0.3, 0.4) is 0 Å². The summed E-state index contributed by atoms with van der Waals surface area (Å²) < 4.78 is 0.625. The van der Waals surface area contributed by atoms with E-state index >= 15 is 0 Å². The first-order valence-electron chi connectivity index (χ1n) is 10.1. The van der Waals surface area contributed by atoms with Crippen molar-refractivity contribution < 1.29 is 0 Å². The zero-order chi connectivity index (χ0) is 21.9. The molecule has 30 heavy (non-hydrogen) atoms. The molecule has 2 aliphatic rings. The Morgan fingerprint density at radius 2 is 0.867 bits per heavy atom. The first-order valence-corrected chi connectivity index (χ1v) is 24.3. The molecule has 0 saturated heterocycles. The van der Waals surface area contributed by atoms with Gasteiger partial charge in [-0.2, -0.15) is 0 Å². The molecule has 2 aromatic carbocycles. The molecule has 0 bridgehead atoms. The fraction of sp³-hybridized carbons (Fsp3) is 0.333. The van der Waals surface area contributed by atoms with Crippen molar-refractivity contribution >= 4 is 78.2 Å². The molecule has 0 amide bonds. The molecule has 0 aromatic heterocycles. The van der Waals surface area contributed by atoms with Crippen LogP contribution in [0.4, 0.5) is 0 Å². The summed E-state index contributed by atoms with van der Waals surface area (Å²) in [7, 11) is 0. The van der Waals surface area contributed by atoms with E-state index in [0.717, 1.165) is 0 Å². The number of fused-ring (bicyclic) bond motifs is 1. The molecule has 2 aromatic rings. The molecule has 0 unspecified atom stereocenters. The summed E-state index contributed by atoms with van der Waals surface area (Å²) in [5.41, 5.74) is 0.370. The van der Waals surface area contributed by atoms with Crippen molar-refractivity contribution in [3.8, 4) is 0 Å². The van der Waals surface area contributed by atoms with Crippen molar-refractivity contribution in [2.24, 2.45) is 10.8 Å². The maximum absolute atomic E-state index is 3.85. The number of benzene rings is 2. The second-order valence-electron chi connectivity index (χ2n) is 9.81. The molecule has 2 atom stereocenters. The second-order valence-corrected chi connectivity index (χ2v) is 39.1. The predicted octanol–water partition coefficient (Wildman–Crippen LogP) is 5.62. The van der Waals surface area contributed by atoms with E-state index in [2.05, 4.69) is 132 Å². The molecule has 0 radical (unpaired) electrons. The van der Waals surface area contributed by atoms with Gasteiger partial charge in [-0.05, 0) is 0 Å². The molecule has 158 valence electrons. The third kappa shape index (κ3) is 4.00. The summed E-state index contributed by atoms with van der Waals surface area (Å²) in [5, 5.41) is 6.64. The quantitative estimate of drug-likeness (QED) is 0.283. The van der Waals surface area contributed by atoms with E-state index < -0.39 is 8.40 Å². The molecule has 2 aliphatic heterocycles. The molecule has 0 aliphatic carbocycles. The standard InChI is InChI=1S/C24H28P2Se4/c1-23(2,3)21-19-20(30-25(21,27)17-13-9-7-10-14-17)22(24(4,5)6)26(28,29-19)18-15-11-8-12-16-18/h7-16H,1-6H3/t25-,26-/m1/s1. The van der Waals surface area contributed by atoms with E-state index in [-0.39, 0.29) is 10.8 Å². The number of hydrogen-bond donors (Lipinski definition) is 0. The molecule has 0 fully saturated rings. The number of allylic oxidation sites excluding steroid dienone is 4. The molecule has 0 spiro atoms. The third-order valence-electron chi connectivity index (χ3n) is 5.28. The zero-order valence-electron chi connectivity index (χ0n) is 18.3. The van der Waals surface area contributed by atoms with Gasteiger partial charge in [-0.3, -0.25) is 0 Å². The summed E-state index contributed by atoms with van der Waals surface area (Å²) in [6.45, 7) is 14.6. The summed E-state index contributed by atoms with van der Waals surface area (Å²) in [6, 6.07) is 22.7. The van der Waals surface area contributed by atoms with E-state index in [1.807, 2.05) is 0 Å². The van der Waals surface area contributed by atoms with E-state index in [1.54, 1.807) is 30.2 Å². The molecule has 0 N–H and O–H groups in total. The maximum atomic E-state index is 3.85. The van der Waals surface area contributed by atoms with Gasteiger partial charge in [0.15, 0.2) is 0 Å².